The van der Waals surface area contributed by atoms with Crippen LogP contribution in [0.25, 0.3) is 6.08 Å². The monoisotopic (exact) mass is 282 g/mol. The van der Waals surface area contributed by atoms with E-state index in [4.69, 9.17) is 14.8 Å². The maximum atomic E-state index is 12.0. The SMILES string of the molecule is COc1ccc(/C=C/C(=O)c2ccc(B(O)O)cc2)cc1. The summed E-state index contributed by atoms with van der Waals surface area (Å²) in [7, 11) is 0.0745. The smallest absolute Gasteiger partial charge is 0.488 e. The normalized spacial score (nSPS) is 10.6. The van der Waals surface area contributed by atoms with Crippen LogP contribution in [0.2, 0.25) is 0 Å². The molecule has 0 aliphatic rings. The minimum Gasteiger partial charge on any atom is -0.497 e. The predicted octanol–water partition coefficient (Wildman–Crippen LogP) is 1.27. The van der Waals surface area contributed by atoms with Crippen molar-refractivity contribution in [1.29, 1.82) is 0 Å². The second-order valence-corrected chi connectivity index (χ2v) is 4.47. The molecule has 2 N–H and O–H groups in total. The van der Waals surface area contributed by atoms with E-state index in [9.17, 15) is 4.79 Å². The Morgan fingerprint density at radius 3 is 2.19 bits per heavy atom. The van der Waals surface area contributed by atoms with E-state index < -0.39 is 7.12 Å². The minimum atomic E-state index is -1.52. The molecule has 0 saturated carbocycles. The van der Waals surface area contributed by atoms with Crippen molar-refractivity contribution < 1.29 is 19.6 Å². The van der Waals surface area contributed by atoms with Gasteiger partial charge in [0.15, 0.2) is 5.78 Å². The number of benzene rings is 2. The Balaban J connectivity index is 2.07. The lowest BCUT2D eigenvalue weighted by atomic mass is 9.80. The lowest BCUT2D eigenvalue weighted by Gasteiger charge is -2.01. The number of ketones is 1. The summed E-state index contributed by atoms with van der Waals surface area (Å²) < 4.78 is 5.06. The molecule has 0 bridgehead atoms. The van der Waals surface area contributed by atoms with Crippen molar-refractivity contribution in [3.63, 3.8) is 0 Å². The molecule has 0 radical (unpaired) electrons. The third-order valence-electron chi connectivity index (χ3n) is 3.04. The van der Waals surface area contributed by atoms with Crippen molar-refractivity contribution in [3.05, 3.63) is 65.7 Å². The first-order chi connectivity index (χ1) is 10.1. The highest BCUT2D eigenvalue weighted by molar-refractivity contribution is 6.58. The summed E-state index contributed by atoms with van der Waals surface area (Å²) in [5.41, 5.74) is 1.74. The molecule has 0 atom stereocenters. The van der Waals surface area contributed by atoms with Gasteiger partial charge in [-0.15, -0.1) is 0 Å². The van der Waals surface area contributed by atoms with Gasteiger partial charge in [0.1, 0.15) is 5.75 Å². The molecule has 0 amide bonds. The van der Waals surface area contributed by atoms with Crippen molar-refractivity contribution in [1.82, 2.24) is 0 Å². The molecular weight excluding hydrogens is 267 g/mol. The molecule has 2 aromatic rings. The van der Waals surface area contributed by atoms with Crippen LogP contribution >= 0.6 is 0 Å². The Labute approximate surface area is 123 Å². The second-order valence-electron chi connectivity index (χ2n) is 4.47. The van der Waals surface area contributed by atoms with Crippen LogP contribution in [-0.4, -0.2) is 30.1 Å². The molecule has 0 aliphatic carbocycles. The number of carbonyl (C=O) groups excluding carboxylic acids is 1. The van der Waals surface area contributed by atoms with Gasteiger partial charge in [-0.05, 0) is 29.2 Å². The summed E-state index contributed by atoms with van der Waals surface area (Å²) >= 11 is 0. The molecule has 2 rings (SSSR count). The van der Waals surface area contributed by atoms with Gasteiger partial charge in [0.25, 0.3) is 0 Å². The van der Waals surface area contributed by atoms with E-state index in [0.717, 1.165) is 11.3 Å². The third-order valence-corrected chi connectivity index (χ3v) is 3.04. The Morgan fingerprint density at radius 1 is 1.05 bits per heavy atom. The van der Waals surface area contributed by atoms with Gasteiger partial charge in [0, 0.05) is 5.56 Å². The summed E-state index contributed by atoms with van der Waals surface area (Å²) in [4.78, 5) is 12.0. The summed E-state index contributed by atoms with van der Waals surface area (Å²) in [5, 5.41) is 18.0. The van der Waals surface area contributed by atoms with Gasteiger partial charge in [-0.3, -0.25) is 4.79 Å². The minimum absolute atomic E-state index is 0.148. The van der Waals surface area contributed by atoms with Gasteiger partial charge in [-0.25, -0.2) is 0 Å². The van der Waals surface area contributed by atoms with Gasteiger partial charge in [0.05, 0.1) is 7.11 Å². The van der Waals surface area contributed by atoms with Crippen LogP contribution in [0.15, 0.2) is 54.6 Å². The topological polar surface area (TPSA) is 66.8 Å². The van der Waals surface area contributed by atoms with E-state index in [1.807, 2.05) is 24.3 Å². The molecule has 21 heavy (non-hydrogen) atoms. The molecule has 2 aromatic carbocycles. The highest BCUT2D eigenvalue weighted by Crippen LogP contribution is 2.12. The molecule has 0 saturated heterocycles. The number of ether oxygens (including phenoxy) is 1. The van der Waals surface area contributed by atoms with Crippen molar-refractivity contribution in [2.24, 2.45) is 0 Å². The average Bonchev–Trinajstić information content (AvgIpc) is 2.53. The van der Waals surface area contributed by atoms with Crippen LogP contribution in [0.1, 0.15) is 15.9 Å². The lowest BCUT2D eigenvalue weighted by Crippen LogP contribution is -2.29. The maximum Gasteiger partial charge on any atom is 0.488 e. The number of hydrogen-bond acceptors (Lipinski definition) is 4. The van der Waals surface area contributed by atoms with Crippen LogP contribution in [0.4, 0.5) is 0 Å². The Hall–Kier alpha value is -2.37. The second kappa shape index (κ2) is 6.88. The van der Waals surface area contributed by atoms with E-state index in [1.165, 1.54) is 18.2 Å². The van der Waals surface area contributed by atoms with Gasteiger partial charge >= 0.3 is 7.12 Å². The lowest BCUT2D eigenvalue weighted by molar-refractivity contribution is 0.104. The van der Waals surface area contributed by atoms with Gasteiger partial charge < -0.3 is 14.8 Å². The summed E-state index contributed by atoms with van der Waals surface area (Å²) in [5.74, 6) is 0.612. The summed E-state index contributed by atoms with van der Waals surface area (Å²) in [6, 6.07) is 13.5. The maximum absolute atomic E-state index is 12.0. The summed E-state index contributed by atoms with van der Waals surface area (Å²) in [6.45, 7) is 0. The van der Waals surface area contributed by atoms with Crippen LogP contribution in [0.5, 0.6) is 5.75 Å². The zero-order valence-corrected chi connectivity index (χ0v) is 11.6. The molecule has 0 fully saturated rings. The van der Waals surface area contributed by atoms with Gasteiger partial charge in [-0.2, -0.15) is 0 Å². The van der Waals surface area contributed by atoms with E-state index in [0.29, 0.717) is 11.0 Å². The first-order valence-corrected chi connectivity index (χ1v) is 6.42. The third kappa shape index (κ3) is 4.05. The van der Waals surface area contributed by atoms with E-state index in [2.05, 4.69) is 0 Å². The quantitative estimate of drug-likeness (QED) is 0.492. The fourth-order valence-corrected chi connectivity index (χ4v) is 1.80. The van der Waals surface area contributed by atoms with Crippen LogP contribution < -0.4 is 10.2 Å². The number of carbonyl (C=O) groups is 1. The highest BCUT2D eigenvalue weighted by atomic mass is 16.5. The Kier molecular flexibility index (Phi) is 4.92. The molecule has 5 heteroatoms. The van der Waals surface area contributed by atoms with Crippen molar-refractivity contribution in [2.75, 3.05) is 7.11 Å². The first-order valence-electron chi connectivity index (χ1n) is 6.42. The van der Waals surface area contributed by atoms with E-state index >= 15 is 0 Å². The van der Waals surface area contributed by atoms with E-state index in [1.54, 1.807) is 25.3 Å². The molecule has 0 heterocycles. The van der Waals surface area contributed by atoms with Gasteiger partial charge in [0.2, 0.25) is 0 Å². The number of rotatable bonds is 5. The summed E-state index contributed by atoms with van der Waals surface area (Å²) in [6.07, 6.45) is 3.20. The van der Waals surface area contributed by atoms with Gasteiger partial charge in [-0.1, -0.05) is 42.5 Å². The zero-order chi connectivity index (χ0) is 15.2. The van der Waals surface area contributed by atoms with Crippen molar-refractivity contribution >= 4 is 24.4 Å². The average molecular weight is 282 g/mol. The number of methoxy groups -OCH3 is 1. The Bertz CT molecular complexity index is 630. The fraction of sp³-hybridized carbons (Fsp3) is 0.0625. The molecule has 0 aliphatic heterocycles. The van der Waals surface area contributed by atoms with Crippen LogP contribution in [0, 0.1) is 0 Å². The Morgan fingerprint density at radius 2 is 1.67 bits per heavy atom. The van der Waals surface area contributed by atoms with Crippen LogP contribution in [-0.2, 0) is 0 Å². The first kappa shape index (κ1) is 15.0. The predicted molar refractivity (Wildman–Crippen MR) is 82.6 cm³/mol. The highest BCUT2D eigenvalue weighted by Gasteiger charge is 2.10. The molecule has 0 unspecified atom stereocenters. The molecular formula is C16H15BO4. The number of hydrogen-bond donors (Lipinski definition) is 2. The van der Waals surface area contributed by atoms with E-state index in [-0.39, 0.29) is 5.78 Å². The van der Waals surface area contributed by atoms with Crippen molar-refractivity contribution in [3.8, 4) is 5.75 Å². The number of allylic oxidation sites excluding steroid dienone is 1. The molecule has 106 valence electrons. The molecule has 0 aromatic heterocycles. The van der Waals surface area contributed by atoms with Crippen molar-refractivity contribution in [2.45, 2.75) is 0 Å². The molecule has 4 nitrogen and oxygen atoms in total. The largest absolute Gasteiger partial charge is 0.497 e. The standard InChI is InChI=1S/C16H15BO4/c1-21-15-9-2-12(3-10-15)4-11-16(18)13-5-7-14(8-6-13)17(19)20/h2-11,19-20H,1H3/b11-4+. The fourth-order valence-electron chi connectivity index (χ4n) is 1.80. The zero-order valence-electron chi connectivity index (χ0n) is 11.6. The van der Waals surface area contributed by atoms with Crippen LogP contribution in [0.3, 0.4) is 0 Å². The molecule has 0 spiro atoms.